The number of amides is 1. The first-order valence-corrected chi connectivity index (χ1v) is 7.37. The molecule has 1 amide bonds. The lowest BCUT2D eigenvalue weighted by molar-refractivity contribution is 0.0715. The predicted molar refractivity (Wildman–Crippen MR) is 82.9 cm³/mol. The van der Waals surface area contributed by atoms with E-state index in [0.717, 1.165) is 17.0 Å². The number of aromatic amines is 1. The number of likely N-dealkylation sites (tertiary alicyclic amines) is 1. The minimum Gasteiger partial charge on any atom is -0.497 e. The molecule has 5 heteroatoms. The third-order valence-electron chi connectivity index (χ3n) is 4.20. The number of hydrogen-bond donors (Lipinski definition) is 2. The average molecular weight is 300 g/mol. The van der Waals surface area contributed by atoms with Crippen LogP contribution in [-0.4, -0.2) is 40.7 Å². The van der Waals surface area contributed by atoms with Crippen molar-refractivity contribution >= 4 is 5.91 Å². The van der Waals surface area contributed by atoms with Crippen LogP contribution in [0.4, 0.5) is 0 Å². The fourth-order valence-electron chi connectivity index (χ4n) is 3.04. The van der Waals surface area contributed by atoms with Crippen LogP contribution < -0.4 is 4.74 Å². The highest BCUT2D eigenvalue weighted by atomic mass is 16.5. The van der Waals surface area contributed by atoms with Crippen LogP contribution in [-0.2, 0) is 0 Å². The highest BCUT2D eigenvalue weighted by Gasteiger charge is 2.36. The van der Waals surface area contributed by atoms with E-state index in [9.17, 15) is 9.90 Å². The summed E-state index contributed by atoms with van der Waals surface area (Å²) in [5, 5.41) is 10.0. The van der Waals surface area contributed by atoms with Crippen LogP contribution in [0.1, 0.15) is 34.1 Å². The second-order valence-electron chi connectivity index (χ2n) is 5.66. The van der Waals surface area contributed by atoms with Crippen molar-refractivity contribution in [2.75, 3.05) is 13.7 Å². The summed E-state index contributed by atoms with van der Waals surface area (Å²) < 4.78 is 5.26. The number of ether oxygens (including phenoxy) is 1. The third kappa shape index (κ3) is 2.60. The lowest BCUT2D eigenvalue weighted by atomic mass is 10.0. The van der Waals surface area contributed by atoms with E-state index in [0.29, 0.717) is 18.5 Å². The van der Waals surface area contributed by atoms with Gasteiger partial charge in [-0.15, -0.1) is 0 Å². The highest BCUT2D eigenvalue weighted by molar-refractivity contribution is 5.95. The van der Waals surface area contributed by atoms with Gasteiger partial charge in [0.2, 0.25) is 0 Å². The first kappa shape index (κ1) is 14.7. The minimum absolute atomic E-state index is 0.0527. The molecule has 0 aliphatic carbocycles. The molecule has 1 aliphatic heterocycles. The van der Waals surface area contributed by atoms with Crippen LogP contribution in [0.25, 0.3) is 0 Å². The maximum Gasteiger partial charge on any atom is 0.256 e. The molecule has 1 aromatic carbocycles. The Kier molecular flexibility index (Phi) is 3.90. The molecule has 1 aromatic heterocycles. The molecule has 2 N–H and O–H groups in total. The van der Waals surface area contributed by atoms with E-state index in [-0.39, 0.29) is 11.9 Å². The molecule has 1 saturated heterocycles. The van der Waals surface area contributed by atoms with Crippen molar-refractivity contribution in [2.45, 2.75) is 25.5 Å². The highest BCUT2D eigenvalue weighted by Crippen LogP contribution is 2.35. The zero-order valence-corrected chi connectivity index (χ0v) is 12.7. The molecular weight excluding hydrogens is 280 g/mol. The van der Waals surface area contributed by atoms with Crippen LogP contribution in [0.3, 0.4) is 0 Å². The summed E-state index contributed by atoms with van der Waals surface area (Å²) in [6.45, 7) is 2.23. The number of H-pyrrole nitrogens is 1. The standard InChI is InChI=1S/C17H20N2O3/c1-11-15(6-7-18-11)17(21)19-10-13(20)9-16(19)12-4-3-5-14(8-12)22-2/h3-8,13,16,18,20H,9-10H2,1-2H3. The molecule has 116 valence electrons. The van der Waals surface area contributed by atoms with Gasteiger partial charge in [0, 0.05) is 18.4 Å². The molecule has 2 heterocycles. The smallest absolute Gasteiger partial charge is 0.256 e. The largest absolute Gasteiger partial charge is 0.497 e. The Labute approximate surface area is 129 Å². The number of nitrogens with one attached hydrogen (secondary N) is 1. The lowest BCUT2D eigenvalue weighted by Gasteiger charge is -2.25. The summed E-state index contributed by atoms with van der Waals surface area (Å²) in [6.07, 6.45) is 1.80. The first-order valence-electron chi connectivity index (χ1n) is 7.37. The van der Waals surface area contributed by atoms with Crippen molar-refractivity contribution < 1.29 is 14.6 Å². The number of carbonyl (C=O) groups is 1. The van der Waals surface area contributed by atoms with E-state index in [1.807, 2.05) is 31.2 Å². The molecule has 2 aromatic rings. The number of β-amino-alcohol motifs (C(OH)–C–C–N with tert-alkyl or cyclic N) is 1. The molecule has 0 saturated carbocycles. The fourth-order valence-corrected chi connectivity index (χ4v) is 3.04. The number of carbonyl (C=O) groups excluding carboxylic acids is 1. The number of aliphatic hydroxyl groups excluding tert-OH is 1. The second kappa shape index (κ2) is 5.85. The van der Waals surface area contributed by atoms with Crippen molar-refractivity contribution in [3.8, 4) is 5.75 Å². The van der Waals surface area contributed by atoms with Crippen LogP contribution in [0.5, 0.6) is 5.75 Å². The van der Waals surface area contributed by atoms with Gasteiger partial charge in [-0.05, 0) is 37.1 Å². The maximum absolute atomic E-state index is 12.8. The third-order valence-corrected chi connectivity index (χ3v) is 4.20. The van der Waals surface area contributed by atoms with Gasteiger partial charge in [-0.2, -0.15) is 0 Å². The van der Waals surface area contributed by atoms with Crippen molar-refractivity contribution in [3.05, 3.63) is 53.3 Å². The summed E-state index contributed by atoms with van der Waals surface area (Å²) in [6, 6.07) is 9.32. The molecule has 0 radical (unpaired) electrons. The van der Waals surface area contributed by atoms with E-state index >= 15 is 0 Å². The summed E-state index contributed by atoms with van der Waals surface area (Å²) >= 11 is 0. The molecule has 1 aliphatic rings. The number of aryl methyl sites for hydroxylation is 1. The Balaban J connectivity index is 1.92. The van der Waals surface area contributed by atoms with Crippen LogP contribution in [0, 0.1) is 6.92 Å². The van der Waals surface area contributed by atoms with E-state index in [4.69, 9.17) is 4.74 Å². The minimum atomic E-state index is -0.501. The van der Waals surface area contributed by atoms with Gasteiger partial charge in [-0.25, -0.2) is 0 Å². The average Bonchev–Trinajstić information content (AvgIpc) is 3.12. The van der Waals surface area contributed by atoms with Crippen molar-refractivity contribution in [1.82, 2.24) is 9.88 Å². The van der Waals surface area contributed by atoms with E-state index in [1.54, 1.807) is 24.3 Å². The van der Waals surface area contributed by atoms with E-state index < -0.39 is 6.10 Å². The normalized spacial score (nSPS) is 21.1. The summed E-state index contributed by atoms with van der Waals surface area (Å²) in [7, 11) is 1.62. The van der Waals surface area contributed by atoms with Crippen molar-refractivity contribution in [1.29, 1.82) is 0 Å². The first-order chi connectivity index (χ1) is 10.6. The van der Waals surface area contributed by atoms with Gasteiger partial charge < -0.3 is 19.7 Å². The van der Waals surface area contributed by atoms with E-state index in [2.05, 4.69) is 4.98 Å². The van der Waals surface area contributed by atoms with Gasteiger partial charge in [0.15, 0.2) is 0 Å². The molecule has 0 bridgehead atoms. The number of hydrogen-bond acceptors (Lipinski definition) is 3. The number of methoxy groups -OCH3 is 1. The van der Waals surface area contributed by atoms with Crippen LogP contribution >= 0.6 is 0 Å². The maximum atomic E-state index is 12.8. The quantitative estimate of drug-likeness (QED) is 0.914. The Morgan fingerprint density at radius 1 is 1.41 bits per heavy atom. The van der Waals surface area contributed by atoms with Gasteiger partial charge >= 0.3 is 0 Å². The zero-order valence-electron chi connectivity index (χ0n) is 12.7. The molecule has 1 fully saturated rings. The predicted octanol–water partition coefficient (Wildman–Crippen LogP) is 2.28. The van der Waals surface area contributed by atoms with Gasteiger partial charge in [0.1, 0.15) is 5.75 Å². The van der Waals surface area contributed by atoms with Crippen LogP contribution in [0.15, 0.2) is 36.5 Å². The molecule has 22 heavy (non-hydrogen) atoms. The summed E-state index contributed by atoms with van der Waals surface area (Å²) in [5.74, 6) is 0.701. The number of aliphatic hydroxyl groups is 1. The summed E-state index contributed by atoms with van der Waals surface area (Å²) in [4.78, 5) is 17.5. The molecular formula is C17H20N2O3. The van der Waals surface area contributed by atoms with Gasteiger partial charge in [0.05, 0.1) is 24.8 Å². The Morgan fingerprint density at radius 2 is 2.23 bits per heavy atom. The van der Waals surface area contributed by atoms with Crippen molar-refractivity contribution in [2.24, 2.45) is 0 Å². The van der Waals surface area contributed by atoms with Crippen molar-refractivity contribution in [3.63, 3.8) is 0 Å². The van der Waals surface area contributed by atoms with Gasteiger partial charge in [0.25, 0.3) is 5.91 Å². The van der Waals surface area contributed by atoms with Gasteiger partial charge in [-0.1, -0.05) is 12.1 Å². The molecule has 2 unspecified atom stereocenters. The molecule has 5 nitrogen and oxygen atoms in total. The fraction of sp³-hybridized carbons (Fsp3) is 0.353. The van der Waals surface area contributed by atoms with Gasteiger partial charge in [-0.3, -0.25) is 4.79 Å². The van der Waals surface area contributed by atoms with Crippen LogP contribution in [0.2, 0.25) is 0 Å². The topological polar surface area (TPSA) is 65.6 Å². The number of nitrogens with zero attached hydrogens (tertiary/aromatic N) is 1. The second-order valence-corrected chi connectivity index (χ2v) is 5.66. The Morgan fingerprint density at radius 3 is 2.91 bits per heavy atom. The molecule has 3 rings (SSSR count). The number of aromatic nitrogens is 1. The SMILES string of the molecule is COc1cccc(C2CC(O)CN2C(=O)c2cc[nH]c2C)c1. The number of benzene rings is 1. The lowest BCUT2D eigenvalue weighted by Crippen LogP contribution is -2.32. The summed E-state index contributed by atoms with van der Waals surface area (Å²) in [5.41, 5.74) is 2.48. The Bertz CT molecular complexity index is 680. The van der Waals surface area contributed by atoms with E-state index in [1.165, 1.54) is 0 Å². The Hall–Kier alpha value is -2.27. The zero-order chi connectivity index (χ0) is 15.7. The molecule has 0 spiro atoms. The monoisotopic (exact) mass is 300 g/mol. The molecule has 2 atom stereocenters. The number of rotatable bonds is 3.